The van der Waals surface area contributed by atoms with Crippen LogP contribution >= 0.6 is 0 Å². The van der Waals surface area contributed by atoms with Crippen LogP contribution in [0, 0.1) is 0 Å². The molecule has 104 valence electrons. The first-order chi connectivity index (χ1) is 10.6. The van der Waals surface area contributed by atoms with E-state index in [1.807, 2.05) is 27.7 Å². The molecular formula is C14H18BN3O2. The third kappa shape index (κ3) is 2.15. The predicted octanol–water partition coefficient (Wildman–Crippen LogP) is 1.57. The molecule has 0 atom stereocenters. The molecular weight excluding hydrogens is 253 g/mol. The Kier molecular flexibility index (Phi) is 2.24. The van der Waals surface area contributed by atoms with Gasteiger partial charge in [-0.3, -0.25) is 4.98 Å². The molecule has 5 nitrogen and oxygen atoms in total. The van der Waals surface area contributed by atoms with Crippen molar-refractivity contribution in [3.63, 3.8) is 0 Å². The highest BCUT2D eigenvalue weighted by atomic mass is 16.7. The fourth-order valence-corrected chi connectivity index (χ4v) is 1.97. The molecule has 1 fully saturated rings. The molecule has 20 heavy (non-hydrogen) atoms. The van der Waals surface area contributed by atoms with Gasteiger partial charge in [0.15, 0.2) is 0 Å². The van der Waals surface area contributed by atoms with E-state index in [9.17, 15) is 0 Å². The van der Waals surface area contributed by atoms with E-state index in [4.69, 9.17) is 13.4 Å². The molecule has 0 radical (unpaired) electrons. The summed E-state index contributed by atoms with van der Waals surface area (Å²) in [6.07, 6.45) is 2.59. The summed E-state index contributed by atoms with van der Waals surface area (Å²) in [5.74, 6) is 0. The number of pyridine rings is 1. The maximum absolute atomic E-state index is 7.86. The molecule has 1 saturated heterocycles. The Morgan fingerprint density at radius 2 is 1.85 bits per heavy atom. The van der Waals surface area contributed by atoms with Crippen LogP contribution < -0.4 is 5.46 Å². The molecule has 3 heterocycles. The fraction of sp³-hybridized carbons (Fsp3) is 0.429. The summed E-state index contributed by atoms with van der Waals surface area (Å²) in [6.45, 7) is 7.87. The van der Waals surface area contributed by atoms with Crippen molar-refractivity contribution in [1.29, 1.82) is 0 Å². The van der Waals surface area contributed by atoms with Crippen LogP contribution in [0.3, 0.4) is 0 Å². The van der Waals surface area contributed by atoms with E-state index < -0.39 is 18.3 Å². The molecule has 2 aromatic rings. The Bertz CT molecular complexity index is 748. The molecule has 0 aliphatic carbocycles. The number of imidazole rings is 1. The van der Waals surface area contributed by atoms with Gasteiger partial charge in [0.05, 0.1) is 32.1 Å². The van der Waals surface area contributed by atoms with E-state index >= 15 is 0 Å². The second kappa shape index (κ2) is 4.43. The summed E-state index contributed by atoms with van der Waals surface area (Å²) in [5, 5.41) is 0. The van der Waals surface area contributed by atoms with Crippen molar-refractivity contribution in [1.82, 2.24) is 14.5 Å². The average molecular weight is 274 g/mol. The highest BCUT2D eigenvalue weighted by Gasteiger charge is 2.51. The molecule has 2 aromatic heterocycles. The zero-order valence-corrected chi connectivity index (χ0v) is 12.0. The number of nitrogens with zero attached hydrogens (tertiary/aromatic N) is 3. The largest absolute Gasteiger partial charge is 0.496 e. The maximum Gasteiger partial charge on any atom is 0.496 e. The minimum absolute atomic E-state index is 0.150. The molecule has 0 N–H and O–H groups in total. The van der Waals surface area contributed by atoms with Crippen LogP contribution in [0.2, 0.25) is 0 Å². The van der Waals surface area contributed by atoms with Crippen molar-refractivity contribution < 1.29 is 13.4 Å². The van der Waals surface area contributed by atoms with Gasteiger partial charge in [0.1, 0.15) is 1.37 Å². The Hall–Kier alpha value is -1.66. The third-order valence-corrected chi connectivity index (χ3v) is 3.90. The zero-order chi connectivity index (χ0) is 17.0. The minimum Gasteiger partial charge on any atom is -0.399 e. The van der Waals surface area contributed by atoms with E-state index in [-0.39, 0.29) is 18.6 Å². The Balaban J connectivity index is 1.99. The number of hydrogen-bond acceptors (Lipinski definition) is 4. The van der Waals surface area contributed by atoms with Gasteiger partial charge in [-0.05, 0) is 33.8 Å². The van der Waals surface area contributed by atoms with Crippen LogP contribution in [0.4, 0.5) is 0 Å². The molecule has 0 saturated carbocycles. The van der Waals surface area contributed by atoms with Gasteiger partial charge in [0.25, 0.3) is 0 Å². The second-order valence-electron chi connectivity index (χ2n) is 5.84. The molecule has 1 aliphatic heterocycles. The van der Waals surface area contributed by atoms with Crippen molar-refractivity contribution in [3.8, 4) is 5.69 Å². The lowest BCUT2D eigenvalue weighted by molar-refractivity contribution is 0.00578. The first-order valence-corrected chi connectivity index (χ1v) is 6.46. The first-order valence-electron chi connectivity index (χ1n) is 7.96. The summed E-state index contributed by atoms with van der Waals surface area (Å²) in [7, 11) is -0.574. The summed E-state index contributed by atoms with van der Waals surface area (Å²) in [5.41, 5.74) is 0.259. The van der Waals surface area contributed by atoms with Gasteiger partial charge in [-0.2, -0.15) is 0 Å². The molecule has 1 aliphatic rings. The van der Waals surface area contributed by atoms with E-state index in [0.717, 1.165) is 0 Å². The van der Waals surface area contributed by atoms with E-state index in [1.165, 1.54) is 10.8 Å². The van der Waals surface area contributed by atoms with Gasteiger partial charge in [-0.15, -0.1) is 0 Å². The van der Waals surface area contributed by atoms with Crippen molar-refractivity contribution in [2.24, 2.45) is 0 Å². The van der Waals surface area contributed by atoms with Crippen LogP contribution in [0.25, 0.3) is 5.69 Å². The fourth-order valence-electron chi connectivity index (χ4n) is 1.97. The van der Waals surface area contributed by atoms with Gasteiger partial charge in [-0.25, -0.2) is 4.98 Å². The van der Waals surface area contributed by atoms with Crippen molar-refractivity contribution in [3.05, 3.63) is 37.1 Å². The third-order valence-electron chi connectivity index (χ3n) is 3.90. The molecule has 0 spiro atoms. The number of hydrogen-bond donors (Lipinski definition) is 0. The zero-order valence-electron chi connectivity index (χ0n) is 15.0. The lowest BCUT2D eigenvalue weighted by Gasteiger charge is -2.32. The topological polar surface area (TPSA) is 49.2 Å². The standard InChI is InChI=1S/C14H18BN3O2/c1-13(2)14(3,4)20-15(19-13)11-7-12(9-17-8-11)18-6-5-16-10-18/h5-10H,1-4H3/i5D,6D,10D. The van der Waals surface area contributed by atoms with Crippen LogP contribution in [0.1, 0.15) is 31.8 Å². The highest BCUT2D eigenvalue weighted by molar-refractivity contribution is 6.62. The maximum atomic E-state index is 7.86. The molecule has 0 bridgehead atoms. The molecule has 3 rings (SSSR count). The monoisotopic (exact) mass is 274 g/mol. The van der Waals surface area contributed by atoms with Crippen LogP contribution in [0.15, 0.2) is 37.1 Å². The lowest BCUT2D eigenvalue weighted by Crippen LogP contribution is -2.41. The SMILES string of the molecule is [2H]c1nc([2H])n(-c2cncc(B3OC(C)(C)C(C)(C)O3)c2)c1[2H]. The quantitative estimate of drug-likeness (QED) is 0.780. The van der Waals surface area contributed by atoms with Crippen LogP contribution in [-0.2, 0) is 9.31 Å². The predicted molar refractivity (Wildman–Crippen MR) is 77.1 cm³/mol. The molecule has 0 unspecified atom stereocenters. The molecule has 0 aromatic carbocycles. The normalized spacial score (nSPS) is 22.4. The summed E-state index contributed by atoms with van der Waals surface area (Å²) in [4.78, 5) is 7.83. The van der Waals surface area contributed by atoms with Gasteiger partial charge < -0.3 is 13.9 Å². The van der Waals surface area contributed by atoms with Gasteiger partial charge in [-0.1, -0.05) is 0 Å². The lowest BCUT2D eigenvalue weighted by atomic mass is 9.80. The van der Waals surface area contributed by atoms with Crippen molar-refractivity contribution >= 4 is 12.6 Å². The minimum atomic E-state index is -0.574. The van der Waals surface area contributed by atoms with E-state index in [0.29, 0.717) is 11.2 Å². The summed E-state index contributed by atoms with van der Waals surface area (Å²) in [6, 6.07) is 1.74. The van der Waals surface area contributed by atoms with Crippen LogP contribution in [0.5, 0.6) is 0 Å². The van der Waals surface area contributed by atoms with E-state index in [2.05, 4.69) is 9.97 Å². The first kappa shape index (κ1) is 10.1. The van der Waals surface area contributed by atoms with E-state index in [1.54, 1.807) is 12.3 Å². The van der Waals surface area contributed by atoms with Gasteiger partial charge in [0.2, 0.25) is 0 Å². The Morgan fingerprint density at radius 3 is 2.45 bits per heavy atom. The second-order valence-corrected chi connectivity index (χ2v) is 5.84. The smallest absolute Gasteiger partial charge is 0.399 e. The Labute approximate surface area is 123 Å². The van der Waals surface area contributed by atoms with Crippen molar-refractivity contribution in [2.75, 3.05) is 0 Å². The summed E-state index contributed by atoms with van der Waals surface area (Å²) < 4.78 is 36.4. The molecule has 6 heteroatoms. The Morgan fingerprint density at radius 1 is 1.15 bits per heavy atom. The molecule has 0 amide bonds. The average Bonchev–Trinajstić information content (AvgIpc) is 2.83. The summed E-state index contributed by atoms with van der Waals surface area (Å²) >= 11 is 0. The van der Waals surface area contributed by atoms with Crippen LogP contribution in [-0.4, -0.2) is 32.9 Å². The van der Waals surface area contributed by atoms with Crippen molar-refractivity contribution in [2.45, 2.75) is 38.9 Å². The highest BCUT2D eigenvalue weighted by Crippen LogP contribution is 2.36. The van der Waals surface area contributed by atoms with Gasteiger partial charge in [0, 0.05) is 24.0 Å². The number of aromatic nitrogens is 3. The number of rotatable bonds is 2. The van der Waals surface area contributed by atoms with Gasteiger partial charge >= 0.3 is 7.12 Å².